The Morgan fingerprint density at radius 2 is 2.33 bits per heavy atom. The van der Waals surface area contributed by atoms with Gasteiger partial charge in [0.15, 0.2) is 0 Å². The largest absolute Gasteiger partial charge is 0.370 e. The molecular formula is C20H25N3O2S2. The van der Waals surface area contributed by atoms with E-state index in [2.05, 4.69) is 33.6 Å². The highest BCUT2D eigenvalue weighted by molar-refractivity contribution is 7.10. The first-order valence-corrected chi connectivity index (χ1v) is 11.4. The molecule has 27 heavy (non-hydrogen) atoms. The Labute approximate surface area is 167 Å². The zero-order chi connectivity index (χ0) is 18.6. The van der Waals surface area contributed by atoms with Gasteiger partial charge >= 0.3 is 0 Å². The molecule has 5 nitrogen and oxygen atoms in total. The van der Waals surface area contributed by atoms with Crippen molar-refractivity contribution >= 4 is 28.6 Å². The van der Waals surface area contributed by atoms with Crippen LogP contribution in [0.15, 0.2) is 16.8 Å². The maximum atomic E-state index is 12.4. The molecule has 0 aromatic carbocycles. The molecule has 3 fully saturated rings. The Hall–Kier alpha value is -1.28. The number of aryl methyl sites for hydroxylation is 2. The van der Waals surface area contributed by atoms with E-state index in [-0.39, 0.29) is 11.5 Å². The highest BCUT2D eigenvalue weighted by atomic mass is 32.1. The van der Waals surface area contributed by atoms with E-state index in [1.165, 1.54) is 21.8 Å². The molecule has 1 amide bonds. The second kappa shape index (κ2) is 6.65. The van der Waals surface area contributed by atoms with E-state index >= 15 is 0 Å². The number of thiophene rings is 1. The van der Waals surface area contributed by atoms with Crippen molar-refractivity contribution in [1.82, 2.24) is 15.2 Å². The molecule has 2 bridgehead atoms. The SMILES string of the molecule is Cc1nc(C(=O)NC[C@H]2[C@H]3CN(Cc4sccc4C)C[C@]34CC[C@H]2O4)cs1. The summed E-state index contributed by atoms with van der Waals surface area (Å²) in [7, 11) is 0. The molecule has 1 spiro atoms. The molecule has 7 heteroatoms. The number of likely N-dealkylation sites (tertiary alicyclic amines) is 1. The van der Waals surface area contributed by atoms with Crippen molar-refractivity contribution in [3.05, 3.63) is 38.0 Å². The van der Waals surface area contributed by atoms with Gasteiger partial charge in [-0.1, -0.05) is 0 Å². The maximum absolute atomic E-state index is 12.4. The number of nitrogens with one attached hydrogen (secondary N) is 1. The molecular weight excluding hydrogens is 378 g/mol. The molecule has 0 unspecified atom stereocenters. The van der Waals surface area contributed by atoms with Gasteiger partial charge in [0.1, 0.15) is 5.69 Å². The molecule has 2 aromatic rings. The third kappa shape index (κ3) is 3.05. The first-order valence-electron chi connectivity index (χ1n) is 9.67. The van der Waals surface area contributed by atoms with Crippen molar-refractivity contribution in [1.29, 1.82) is 0 Å². The van der Waals surface area contributed by atoms with Crippen LogP contribution in [0.5, 0.6) is 0 Å². The maximum Gasteiger partial charge on any atom is 0.270 e. The lowest BCUT2D eigenvalue weighted by atomic mass is 9.73. The number of rotatable bonds is 5. The molecule has 1 N–H and O–H groups in total. The van der Waals surface area contributed by atoms with E-state index in [1.807, 2.05) is 23.6 Å². The lowest BCUT2D eigenvalue weighted by Crippen LogP contribution is -2.42. The fraction of sp³-hybridized carbons (Fsp3) is 0.600. The van der Waals surface area contributed by atoms with Crippen LogP contribution in [0.25, 0.3) is 0 Å². The highest BCUT2D eigenvalue weighted by Gasteiger charge is 2.62. The van der Waals surface area contributed by atoms with Crippen LogP contribution in [0.3, 0.4) is 0 Å². The van der Waals surface area contributed by atoms with Crippen molar-refractivity contribution < 1.29 is 9.53 Å². The summed E-state index contributed by atoms with van der Waals surface area (Å²) in [6.45, 7) is 7.94. The second-order valence-corrected chi connectivity index (χ2v) is 10.3. The molecule has 144 valence electrons. The van der Waals surface area contributed by atoms with Crippen LogP contribution in [0.2, 0.25) is 0 Å². The predicted octanol–water partition coefficient (Wildman–Crippen LogP) is 3.23. The van der Waals surface area contributed by atoms with E-state index in [0.29, 0.717) is 30.2 Å². The summed E-state index contributed by atoms with van der Waals surface area (Å²) >= 11 is 3.37. The van der Waals surface area contributed by atoms with Crippen LogP contribution < -0.4 is 5.32 Å². The van der Waals surface area contributed by atoms with Gasteiger partial charge in [0.2, 0.25) is 0 Å². The van der Waals surface area contributed by atoms with Crippen LogP contribution in [0.4, 0.5) is 0 Å². The monoisotopic (exact) mass is 403 g/mol. The molecule has 5 rings (SSSR count). The van der Waals surface area contributed by atoms with Gasteiger partial charge in [-0.2, -0.15) is 0 Å². The van der Waals surface area contributed by atoms with Gasteiger partial charge in [-0.05, 0) is 43.7 Å². The van der Waals surface area contributed by atoms with Gasteiger partial charge in [-0.3, -0.25) is 9.69 Å². The van der Waals surface area contributed by atoms with Crippen LogP contribution in [-0.2, 0) is 11.3 Å². The predicted molar refractivity (Wildman–Crippen MR) is 107 cm³/mol. The fourth-order valence-corrected chi connectivity index (χ4v) is 6.76. The summed E-state index contributed by atoms with van der Waals surface area (Å²) in [4.78, 5) is 20.7. The summed E-state index contributed by atoms with van der Waals surface area (Å²) in [6, 6.07) is 2.20. The first kappa shape index (κ1) is 17.8. The Morgan fingerprint density at radius 1 is 1.44 bits per heavy atom. The van der Waals surface area contributed by atoms with Crippen molar-refractivity contribution in [3.8, 4) is 0 Å². The molecule has 0 radical (unpaired) electrons. The minimum atomic E-state index is -0.0553. The number of nitrogens with zero attached hydrogens (tertiary/aromatic N) is 2. The second-order valence-electron chi connectivity index (χ2n) is 8.19. The van der Waals surface area contributed by atoms with E-state index in [9.17, 15) is 4.79 Å². The number of ether oxygens (including phenoxy) is 1. The Kier molecular flexibility index (Phi) is 4.39. The van der Waals surface area contributed by atoms with E-state index < -0.39 is 0 Å². The lowest BCUT2D eigenvalue weighted by molar-refractivity contribution is 0.00218. The molecule has 2 aromatic heterocycles. The smallest absolute Gasteiger partial charge is 0.270 e. The summed E-state index contributed by atoms with van der Waals surface area (Å²) < 4.78 is 6.52. The number of carbonyl (C=O) groups excluding carboxylic acids is 1. The van der Waals surface area contributed by atoms with Crippen LogP contribution in [0, 0.1) is 25.7 Å². The van der Waals surface area contributed by atoms with Gasteiger partial charge in [-0.15, -0.1) is 22.7 Å². The Balaban J connectivity index is 1.25. The van der Waals surface area contributed by atoms with Gasteiger partial charge in [-0.25, -0.2) is 4.98 Å². The van der Waals surface area contributed by atoms with E-state index in [0.717, 1.165) is 37.5 Å². The quantitative estimate of drug-likeness (QED) is 0.833. The number of fused-ring (bicyclic) bond motifs is 1. The molecule has 3 saturated heterocycles. The first-order chi connectivity index (χ1) is 13.0. The number of aromatic nitrogens is 1. The fourth-order valence-electron chi connectivity index (χ4n) is 5.22. The molecule has 5 heterocycles. The molecule has 4 atom stereocenters. The van der Waals surface area contributed by atoms with Crippen molar-refractivity contribution in [3.63, 3.8) is 0 Å². The van der Waals surface area contributed by atoms with Crippen LogP contribution in [-0.4, -0.2) is 47.1 Å². The average molecular weight is 404 g/mol. The third-order valence-corrected chi connectivity index (χ3v) is 8.32. The highest BCUT2D eigenvalue weighted by Crippen LogP contribution is 2.54. The van der Waals surface area contributed by atoms with Crippen molar-refractivity contribution in [2.75, 3.05) is 19.6 Å². The van der Waals surface area contributed by atoms with Gasteiger partial charge in [0.25, 0.3) is 5.91 Å². The minimum absolute atomic E-state index is 0.0163. The van der Waals surface area contributed by atoms with E-state index in [1.54, 1.807) is 0 Å². The third-order valence-electron chi connectivity index (χ3n) is 6.54. The summed E-state index contributed by atoms with van der Waals surface area (Å²) in [6.07, 6.45) is 2.59. The van der Waals surface area contributed by atoms with Gasteiger partial charge in [0, 0.05) is 48.3 Å². The summed E-state index contributed by atoms with van der Waals surface area (Å²) in [5, 5.41) is 8.07. The number of amides is 1. The molecule has 3 aliphatic rings. The van der Waals surface area contributed by atoms with Gasteiger partial charge < -0.3 is 10.1 Å². The Morgan fingerprint density at radius 3 is 3.07 bits per heavy atom. The van der Waals surface area contributed by atoms with Crippen molar-refractivity contribution in [2.24, 2.45) is 11.8 Å². The minimum Gasteiger partial charge on any atom is -0.370 e. The number of thiazole rings is 1. The normalized spacial score (nSPS) is 32.1. The molecule has 0 saturated carbocycles. The molecule has 0 aliphatic carbocycles. The topological polar surface area (TPSA) is 54.5 Å². The number of hydrogen-bond donors (Lipinski definition) is 1. The zero-order valence-electron chi connectivity index (χ0n) is 15.7. The Bertz CT molecular complexity index is 863. The average Bonchev–Trinajstić information content (AvgIpc) is 3.42. The van der Waals surface area contributed by atoms with Gasteiger partial charge in [0.05, 0.1) is 16.7 Å². The lowest BCUT2D eigenvalue weighted by Gasteiger charge is -2.29. The zero-order valence-corrected chi connectivity index (χ0v) is 17.4. The molecule has 3 aliphatic heterocycles. The van der Waals surface area contributed by atoms with Crippen molar-refractivity contribution in [2.45, 2.75) is 44.9 Å². The standard InChI is InChI=1S/C20H25N3O2S2/c1-12-4-6-26-18(12)9-23-8-15-14(17-3-5-20(15,11-23)25-17)7-21-19(24)16-10-27-13(2)22-16/h4,6,10,14-15,17H,3,5,7-9,11H2,1-2H3,(H,21,24)/t14-,15+,17+,20+/m0/s1. The number of hydrogen-bond acceptors (Lipinski definition) is 6. The van der Waals surface area contributed by atoms with E-state index in [4.69, 9.17) is 4.74 Å². The summed E-state index contributed by atoms with van der Waals surface area (Å²) in [5.74, 6) is 0.881. The number of carbonyl (C=O) groups is 1. The summed E-state index contributed by atoms with van der Waals surface area (Å²) in [5.41, 5.74) is 1.95. The van der Waals surface area contributed by atoms with Crippen LogP contribution in [0.1, 0.15) is 38.8 Å². The van der Waals surface area contributed by atoms with Crippen LogP contribution >= 0.6 is 22.7 Å².